The van der Waals surface area contributed by atoms with Crippen LogP contribution in [0.2, 0.25) is 0 Å². The zero-order valence-electron chi connectivity index (χ0n) is 18.5. The number of unbranched alkanes of at least 4 members (excludes halogenated alkanes) is 11. The molecule has 0 aliphatic rings. The lowest BCUT2D eigenvalue weighted by molar-refractivity contribution is -0.145. The molecule has 1 atom stereocenters. The van der Waals surface area contributed by atoms with Gasteiger partial charge in [0.05, 0.1) is 13.2 Å². The zero-order valence-corrected chi connectivity index (χ0v) is 18.5. The van der Waals surface area contributed by atoms with Gasteiger partial charge in [0, 0.05) is 19.4 Å². The molecule has 0 radical (unpaired) electrons. The molecule has 0 aliphatic heterocycles. The van der Waals surface area contributed by atoms with E-state index in [9.17, 15) is 4.79 Å². The van der Waals surface area contributed by atoms with Crippen LogP contribution in [0.4, 0.5) is 0 Å². The number of esters is 1. The third kappa shape index (κ3) is 19.7. The average molecular weight is 383 g/mol. The van der Waals surface area contributed by atoms with Gasteiger partial charge in [0.15, 0.2) is 0 Å². The predicted molar refractivity (Wildman–Crippen MR) is 116 cm³/mol. The molecule has 0 bridgehead atoms. The summed E-state index contributed by atoms with van der Waals surface area (Å²) in [6.45, 7) is 5.52. The highest BCUT2D eigenvalue weighted by Crippen LogP contribution is 2.11. The lowest BCUT2D eigenvalue weighted by atomic mass is 10.1. The van der Waals surface area contributed by atoms with Crippen molar-refractivity contribution in [3.8, 4) is 0 Å². The van der Waals surface area contributed by atoms with Crippen molar-refractivity contribution in [3.05, 3.63) is 12.2 Å². The lowest BCUT2D eigenvalue weighted by Crippen LogP contribution is -2.17. The summed E-state index contributed by atoms with van der Waals surface area (Å²) in [5.74, 6) is 0.273. The SMILES string of the molecule is CCCCCCCC/C=C\CCCCCCCC(=O)OCC(CC)COC. The molecule has 0 amide bonds. The second kappa shape index (κ2) is 21.5. The van der Waals surface area contributed by atoms with Gasteiger partial charge in [-0.2, -0.15) is 0 Å². The van der Waals surface area contributed by atoms with Crippen LogP contribution in [0.15, 0.2) is 12.2 Å². The Balaban J connectivity index is 3.32. The smallest absolute Gasteiger partial charge is 0.305 e. The van der Waals surface area contributed by atoms with Crippen molar-refractivity contribution in [1.29, 1.82) is 0 Å². The van der Waals surface area contributed by atoms with Crippen LogP contribution >= 0.6 is 0 Å². The van der Waals surface area contributed by atoms with E-state index in [1.54, 1.807) is 7.11 Å². The highest BCUT2D eigenvalue weighted by molar-refractivity contribution is 5.69. The summed E-state index contributed by atoms with van der Waals surface area (Å²) < 4.78 is 10.5. The normalized spacial score (nSPS) is 12.6. The highest BCUT2D eigenvalue weighted by atomic mass is 16.5. The number of carbonyl (C=O) groups excluding carboxylic acids is 1. The van der Waals surface area contributed by atoms with Crippen molar-refractivity contribution >= 4 is 5.97 Å². The van der Waals surface area contributed by atoms with Gasteiger partial charge in [0.1, 0.15) is 0 Å². The molecule has 0 aromatic heterocycles. The molecule has 0 spiro atoms. The molecule has 160 valence electrons. The molecule has 0 heterocycles. The van der Waals surface area contributed by atoms with Gasteiger partial charge in [0.25, 0.3) is 0 Å². The van der Waals surface area contributed by atoms with Crippen molar-refractivity contribution in [3.63, 3.8) is 0 Å². The summed E-state index contributed by atoms with van der Waals surface area (Å²) in [6, 6.07) is 0. The lowest BCUT2D eigenvalue weighted by Gasteiger charge is -2.13. The van der Waals surface area contributed by atoms with Crippen LogP contribution in [0.1, 0.15) is 110 Å². The number of allylic oxidation sites excluding steroid dienone is 2. The Labute approximate surface area is 169 Å². The maximum absolute atomic E-state index is 11.7. The van der Waals surface area contributed by atoms with E-state index in [4.69, 9.17) is 9.47 Å². The third-order valence-corrected chi connectivity index (χ3v) is 5.10. The number of carbonyl (C=O) groups is 1. The molecule has 3 nitrogen and oxygen atoms in total. The Morgan fingerprint density at radius 3 is 1.89 bits per heavy atom. The van der Waals surface area contributed by atoms with Gasteiger partial charge < -0.3 is 9.47 Å². The molecule has 0 aromatic carbocycles. The van der Waals surface area contributed by atoms with E-state index in [-0.39, 0.29) is 5.97 Å². The minimum Gasteiger partial charge on any atom is -0.465 e. The first kappa shape index (κ1) is 26.2. The van der Waals surface area contributed by atoms with E-state index in [1.807, 2.05) is 0 Å². The molecular weight excluding hydrogens is 336 g/mol. The van der Waals surface area contributed by atoms with Crippen LogP contribution in [0, 0.1) is 5.92 Å². The van der Waals surface area contributed by atoms with Gasteiger partial charge >= 0.3 is 5.97 Å². The van der Waals surface area contributed by atoms with E-state index < -0.39 is 0 Å². The minimum absolute atomic E-state index is 0.0535. The molecule has 0 rings (SSSR count). The number of ether oxygens (including phenoxy) is 2. The van der Waals surface area contributed by atoms with E-state index in [0.29, 0.717) is 25.6 Å². The number of hydrogen-bond acceptors (Lipinski definition) is 3. The molecule has 0 fully saturated rings. The second-order valence-corrected chi connectivity index (χ2v) is 7.75. The fourth-order valence-electron chi connectivity index (χ4n) is 3.14. The van der Waals surface area contributed by atoms with Crippen LogP contribution in [0.3, 0.4) is 0 Å². The summed E-state index contributed by atoms with van der Waals surface area (Å²) in [5, 5.41) is 0. The van der Waals surface area contributed by atoms with E-state index in [2.05, 4.69) is 26.0 Å². The van der Waals surface area contributed by atoms with Gasteiger partial charge in [-0.05, 0) is 38.5 Å². The van der Waals surface area contributed by atoms with Gasteiger partial charge in [-0.1, -0.05) is 77.4 Å². The van der Waals surface area contributed by atoms with Crippen molar-refractivity contribution in [2.24, 2.45) is 5.92 Å². The Bertz CT molecular complexity index is 339. The third-order valence-electron chi connectivity index (χ3n) is 5.10. The highest BCUT2D eigenvalue weighted by Gasteiger charge is 2.09. The van der Waals surface area contributed by atoms with Crippen molar-refractivity contribution in [2.75, 3.05) is 20.3 Å². The maximum Gasteiger partial charge on any atom is 0.305 e. The summed E-state index contributed by atoms with van der Waals surface area (Å²) >= 11 is 0. The van der Waals surface area contributed by atoms with Gasteiger partial charge in [-0.25, -0.2) is 0 Å². The van der Waals surface area contributed by atoms with Crippen molar-refractivity contribution in [2.45, 2.75) is 110 Å². The summed E-state index contributed by atoms with van der Waals surface area (Å²) in [4.78, 5) is 11.7. The minimum atomic E-state index is -0.0535. The molecular formula is C24H46O3. The van der Waals surface area contributed by atoms with Crippen LogP contribution in [-0.4, -0.2) is 26.3 Å². The Hall–Kier alpha value is -0.830. The van der Waals surface area contributed by atoms with Gasteiger partial charge in [-0.15, -0.1) is 0 Å². The zero-order chi connectivity index (χ0) is 20.0. The molecule has 27 heavy (non-hydrogen) atoms. The fourth-order valence-corrected chi connectivity index (χ4v) is 3.14. The summed E-state index contributed by atoms with van der Waals surface area (Å²) in [5.41, 5.74) is 0. The Morgan fingerprint density at radius 2 is 1.33 bits per heavy atom. The topological polar surface area (TPSA) is 35.5 Å². The molecule has 1 unspecified atom stereocenters. The molecule has 0 N–H and O–H groups in total. The molecule has 3 heteroatoms. The van der Waals surface area contributed by atoms with Gasteiger partial charge in [0.2, 0.25) is 0 Å². The summed E-state index contributed by atoms with van der Waals surface area (Å²) in [6.07, 6.45) is 22.8. The summed E-state index contributed by atoms with van der Waals surface area (Å²) in [7, 11) is 1.69. The Morgan fingerprint density at radius 1 is 0.778 bits per heavy atom. The largest absolute Gasteiger partial charge is 0.465 e. The fraction of sp³-hybridized carbons (Fsp3) is 0.875. The first-order valence-corrected chi connectivity index (χ1v) is 11.5. The van der Waals surface area contributed by atoms with Crippen LogP contribution in [0.25, 0.3) is 0 Å². The first-order valence-electron chi connectivity index (χ1n) is 11.5. The van der Waals surface area contributed by atoms with Crippen LogP contribution < -0.4 is 0 Å². The van der Waals surface area contributed by atoms with Crippen molar-refractivity contribution < 1.29 is 14.3 Å². The number of methoxy groups -OCH3 is 1. The Kier molecular flexibility index (Phi) is 20.8. The first-order chi connectivity index (χ1) is 13.2. The second-order valence-electron chi connectivity index (χ2n) is 7.75. The molecule has 0 saturated heterocycles. The monoisotopic (exact) mass is 382 g/mol. The number of rotatable bonds is 20. The number of hydrogen-bond donors (Lipinski definition) is 0. The quantitative estimate of drug-likeness (QED) is 0.126. The molecule has 0 aliphatic carbocycles. The molecule has 0 saturated carbocycles. The van der Waals surface area contributed by atoms with E-state index >= 15 is 0 Å². The standard InChI is InChI=1S/C24H46O3/c1-4-6-7-8-9-10-11-12-13-14-15-16-17-18-19-20-24(25)27-22-23(5-2)21-26-3/h12-13,23H,4-11,14-22H2,1-3H3/b13-12-. The van der Waals surface area contributed by atoms with E-state index in [1.165, 1.54) is 70.6 Å². The van der Waals surface area contributed by atoms with Gasteiger partial charge in [-0.3, -0.25) is 4.79 Å². The van der Waals surface area contributed by atoms with Crippen LogP contribution in [-0.2, 0) is 14.3 Å². The van der Waals surface area contributed by atoms with Crippen LogP contribution in [0.5, 0.6) is 0 Å². The van der Waals surface area contributed by atoms with E-state index in [0.717, 1.165) is 19.3 Å². The maximum atomic E-state index is 11.7. The molecule has 0 aromatic rings. The average Bonchev–Trinajstić information content (AvgIpc) is 2.68. The van der Waals surface area contributed by atoms with Crippen molar-refractivity contribution in [1.82, 2.24) is 0 Å². The predicted octanol–water partition coefficient (Wildman–Crippen LogP) is 7.24.